The molecule has 1 heterocycles. The van der Waals surface area contributed by atoms with E-state index in [4.69, 9.17) is 9.47 Å². The fourth-order valence-electron chi connectivity index (χ4n) is 11.7. The van der Waals surface area contributed by atoms with Crippen molar-refractivity contribution in [2.24, 2.45) is 0 Å². The van der Waals surface area contributed by atoms with E-state index in [0.29, 0.717) is 19.3 Å². The molecule has 1 saturated heterocycles. The van der Waals surface area contributed by atoms with Gasteiger partial charge in [-0.25, -0.2) is 0 Å². The molecular weight excluding hydrogens is 1000 g/mol. The van der Waals surface area contributed by atoms with Crippen molar-refractivity contribution < 1.29 is 50.0 Å². The number of carbonyl (C=O) groups is 1. The number of hydrogen-bond donors (Lipinski definition) is 8. The van der Waals surface area contributed by atoms with Gasteiger partial charge in [-0.1, -0.05) is 328 Å². The largest absolute Gasteiger partial charge is 0.394 e. The molecule has 11 nitrogen and oxygen atoms in total. The Morgan fingerprint density at radius 1 is 0.425 bits per heavy atom. The van der Waals surface area contributed by atoms with Crippen molar-refractivity contribution >= 4 is 5.91 Å². The monoisotopic (exact) mass is 1140 g/mol. The van der Waals surface area contributed by atoms with Crippen LogP contribution in [0.4, 0.5) is 0 Å². The Morgan fingerprint density at radius 3 is 1.05 bits per heavy atom. The average Bonchev–Trinajstić information content (AvgIpc) is 3.46. The highest BCUT2D eigenvalue weighted by Crippen LogP contribution is 2.24. The third kappa shape index (κ3) is 45.2. The summed E-state index contributed by atoms with van der Waals surface area (Å²) in [5.41, 5.74) is 0. The van der Waals surface area contributed by atoms with Gasteiger partial charge in [-0.3, -0.25) is 4.79 Å². The van der Waals surface area contributed by atoms with Gasteiger partial charge in [-0.05, 0) is 38.5 Å². The number of amides is 1. The smallest absolute Gasteiger partial charge is 0.249 e. The molecule has 0 saturated carbocycles. The second-order valence-electron chi connectivity index (χ2n) is 25.0. The van der Waals surface area contributed by atoms with Gasteiger partial charge in [0.15, 0.2) is 6.29 Å². The van der Waals surface area contributed by atoms with Crippen molar-refractivity contribution in [3.05, 3.63) is 12.2 Å². The number of unbranched alkanes of at least 4 members (excludes halogenated alkanes) is 48. The van der Waals surface area contributed by atoms with E-state index in [1.54, 1.807) is 0 Å². The SMILES string of the molecule is CCCCCCCCCCCCCC/C=C\CCCCCCCCCC(O)C(=O)NC(COC1OC(CO)C(O)C(O)C1O)C(O)C(O)CCCCCCCCCCCCCCCCCCCCCCCCCCCCCCCC. The van der Waals surface area contributed by atoms with Crippen molar-refractivity contribution in [2.45, 2.75) is 409 Å². The van der Waals surface area contributed by atoms with Crippen LogP contribution in [-0.4, -0.2) is 110 Å². The molecule has 0 aliphatic carbocycles. The third-order valence-corrected chi connectivity index (χ3v) is 17.3. The Hall–Kier alpha value is -1.15. The van der Waals surface area contributed by atoms with E-state index < -0.39 is 74.2 Å². The summed E-state index contributed by atoms with van der Waals surface area (Å²) in [4.78, 5) is 13.2. The number of nitrogens with one attached hydrogen (secondary N) is 1. The summed E-state index contributed by atoms with van der Waals surface area (Å²) in [7, 11) is 0. The molecule has 0 aromatic carbocycles. The molecule has 0 radical (unpaired) electrons. The van der Waals surface area contributed by atoms with Gasteiger partial charge in [0.1, 0.15) is 36.6 Å². The molecule has 1 amide bonds. The lowest BCUT2D eigenvalue weighted by molar-refractivity contribution is -0.303. The zero-order valence-corrected chi connectivity index (χ0v) is 52.6. The number of aliphatic hydroxyl groups excluding tert-OH is 7. The van der Waals surface area contributed by atoms with Gasteiger partial charge < -0.3 is 50.5 Å². The minimum Gasteiger partial charge on any atom is -0.394 e. The number of aliphatic hydroxyl groups is 7. The normalized spacial score (nSPS) is 19.2. The van der Waals surface area contributed by atoms with Gasteiger partial charge in [-0.15, -0.1) is 0 Å². The van der Waals surface area contributed by atoms with Gasteiger partial charge in [-0.2, -0.15) is 0 Å². The van der Waals surface area contributed by atoms with Crippen LogP contribution >= 0.6 is 0 Å². The Balaban J connectivity index is 2.19. The summed E-state index contributed by atoms with van der Waals surface area (Å²) >= 11 is 0. The number of hydrogen-bond acceptors (Lipinski definition) is 10. The number of ether oxygens (including phenoxy) is 2. The summed E-state index contributed by atoms with van der Waals surface area (Å²) in [6.45, 7) is 3.52. The molecule has 9 atom stereocenters. The first kappa shape index (κ1) is 76.9. The highest BCUT2D eigenvalue weighted by atomic mass is 16.7. The van der Waals surface area contributed by atoms with Crippen LogP contribution in [0.15, 0.2) is 12.2 Å². The highest BCUT2D eigenvalue weighted by Gasteiger charge is 2.44. The van der Waals surface area contributed by atoms with Crippen molar-refractivity contribution in [1.82, 2.24) is 5.32 Å². The van der Waals surface area contributed by atoms with E-state index in [9.17, 15) is 40.5 Å². The molecule has 8 N–H and O–H groups in total. The molecule has 1 aliphatic heterocycles. The first-order valence-electron chi connectivity index (χ1n) is 35.1. The Kier molecular flexibility index (Phi) is 56.0. The Bertz CT molecular complexity index is 1310. The molecule has 0 bridgehead atoms. The lowest BCUT2D eigenvalue weighted by atomic mass is 9.98. The topological polar surface area (TPSA) is 189 Å². The minimum atomic E-state index is -1.66. The predicted molar refractivity (Wildman–Crippen MR) is 335 cm³/mol. The molecule has 0 aromatic heterocycles. The van der Waals surface area contributed by atoms with Crippen LogP contribution in [0.5, 0.6) is 0 Å². The van der Waals surface area contributed by atoms with Gasteiger partial charge in [0, 0.05) is 0 Å². The quantitative estimate of drug-likeness (QED) is 0.0215. The molecule has 0 aromatic rings. The fraction of sp³-hybridized carbons (Fsp3) is 0.957. The minimum absolute atomic E-state index is 0.258. The Morgan fingerprint density at radius 2 is 0.725 bits per heavy atom. The zero-order chi connectivity index (χ0) is 58.2. The van der Waals surface area contributed by atoms with Gasteiger partial charge in [0.2, 0.25) is 5.91 Å². The molecular formula is C69H135NO10. The molecule has 80 heavy (non-hydrogen) atoms. The lowest BCUT2D eigenvalue weighted by Crippen LogP contribution is -2.60. The first-order chi connectivity index (χ1) is 39.2. The predicted octanol–water partition coefficient (Wildman–Crippen LogP) is 16.6. The van der Waals surface area contributed by atoms with Crippen molar-refractivity contribution in [2.75, 3.05) is 13.2 Å². The van der Waals surface area contributed by atoms with E-state index in [0.717, 1.165) is 44.9 Å². The van der Waals surface area contributed by atoms with Gasteiger partial charge >= 0.3 is 0 Å². The number of carbonyl (C=O) groups excluding carboxylic acids is 1. The summed E-state index contributed by atoms with van der Waals surface area (Å²) in [5.74, 6) is -0.693. The van der Waals surface area contributed by atoms with E-state index in [-0.39, 0.29) is 6.42 Å². The van der Waals surface area contributed by atoms with Crippen LogP contribution in [0.3, 0.4) is 0 Å². The fourth-order valence-corrected chi connectivity index (χ4v) is 11.7. The van der Waals surface area contributed by atoms with Gasteiger partial charge in [0.05, 0.1) is 25.4 Å². The van der Waals surface area contributed by atoms with Gasteiger partial charge in [0.25, 0.3) is 0 Å². The second kappa shape index (κ2) is 58.2. The molecule has 0 spiro atoms. The maximum absolute atomic E-state index is 13.2. The van der Waals surface area contributed by atoms with Crippen LogP contribution < -0.4 is 5.32 Å². The van der Waals surface area contributed by atoms with Crippen LogP contribution in [0, 0.1) is 0 Å². The van der Waals surface area contributed by atoms with E-state index in [2.05, 4.69) is 31.3 Å². The van der Waals surface area contributed by atoms with Crippen molar-refractivity contribution in [1.29, 1.82) is 0 Å². The van der Waals surface area contributed by atoms with Crippen LogP contribution in [0.2, 0.25) is 0 Å². The maximum atomic E-state index is 13.2. The summed E-state index contributed by atoms with van der Waals surface area (Å²) < 4.78 is 11.2. The average molecular weight is 1140 g/mol. The van der Waals surface area contributed by atoms with Crippen LogP contribution in [0.1, 0.15) is 354 Å². The summed E-state index contributed by atoms with van der Waals surface area (Å²) in [5, 5.41) is 76.5. The maximum Gasteiger partial charge on any atom is 0.249 e. The van der Waals surface area contributed by atoms with Crippen molar-refractivity contribution in [3.8, 4) is 0 Å². The summed E-state index contributed by atoms with van der Waals surface area (Å²) in [6.07, 6.45) is 60.1. The Labute approximate surface area is 493 Å². The zero-order valence-electron chi connectivity index (χ0n) is 52.6. The van der Waals surface area contributed by atoms with Crippen LogP contribution in [-0.2, 0) is 14.3 Å². The molecule has 11 heteroatoms. The van der Waals surface area contributed by atoms with E-state index in [1.165, 1.54) is 270 Å². The van der Waals surface area contributed by atoms with Crippen LogP contribution in [0.25, 0.3) is 0 Å². The lowest BCUT2D eigenvalue weighted by Gasteiger charge is -2.40. The second-order valence-corrected chi connectivity index (χ2v) is 25.0. The molecule has 1 aliphatic rings. The molecule has 476 valence electrons. The van der Waals surface area contributed by atoms with E-state index >= 15 is 0 Å². The first-order valence-corrected chi connectivity index (χ1v) is 35.1. The van der Waals surface area contributed by atoms with Crippen molar-refractivity contribution in [3.63, 3.8) is 0 Å². The number of allylic oxidation sites excluding steroid dienone is 2. The molecule has 1 fully saturated rings. The standard InChI is InChI=1S/C69H135NO10/c1-3-5-7-9-11-13-15-17-19-21-23-25-27-28-29-30-31-32-33-35-36-38-40-42-44-46-48-50-52-54-56-61(72)64(74)60(59-79-69-67(77)66(76)65(75)63(58-71)80-69)70-68(78)62(73)57-55-53-51-49-47-45-43-41-39-37-34-26-24-22-20-18-16-14-12-10-8-6-4-2/h37,39,60-67,69,71-77H,3-36,38,40-59H2,1-2H3,(H,70,78)/b39-37-. The highest BCUT2D eigenvalue weighted by molar-refractivity contribution is 5.80. The summed E-state index contributed by atoms with van der Waals surface area (Å²) in [6, 6.07) is -1.17. The third-order valence-electron chi connectivity index (χ3n) is 17.3. The molecule has 1 rings (SSSR count). The number of rotatable bonds is 62. The molecule has 9 unspecified atom stereocenters. The van der Waals surface area contributed by atoms with E-state index in [1.807, 2.05) is 0 Å².